The maximum atomic E-state index is 12.9. The summed E-state index contributed by atoms with van der Waals surface area (Å²) >= 11 is 0. The van der Waals surface area contributed by atoms with E-state index in [-0.39, 0.29) is 31.1 Å². The minimum absolute atomic E-state index is 0.107. The Balaban J connectivity index is 4.46. The molecule has 464 valence electrons. The Hall–Kier alpha value is -5.49. The molecule has 0 saturated heterocycles. The first-order chi connectivity index (χ1) is 41.0. The zero-order chi connectivity index (χ0) is 59.9. The number of unbranched alkanes of at least 4 members (excludes halogenated alkanes) is 17. The van der Waals surface area contributed by atoms with Crippen LogP contribution in [0, 0.1) is 0 Å². The van der Waals surface area contributed by atoms with Crippen molar-refractivity contribution in [3.05, 3.63) is 182 Å². The highest BCUT2D eigenvalue weighted by atomic mass is 16.6. The van der Waals surface area contributed by atoms with Crippen molar-refractivity contribution in [3.8, 4) is 0 Å². The first kappa shape index (κ1) is 77.5. The van der Waals surface area contributed by atoms with E-state index in [4.69, 9.17) is 14.2 Å². The Morgan fingerprint density at radius 2 is 0.470 bits per heavy atom. The second-order valence-electron chi connectivity index (χ2n) is 21.3. The molecule has 1 atom stereocenters. The molecule has 0 aliphatic carbocycles. The zero-order valence-corrected chi connectivity index (χ0v) is 53.1. The van der Waals surface area contributed by atoms with E-state index in [1.165, 1.54) is 19.3 Å². The number of rotatable bonds is 58. The average molecular weight is 1140 g/mol. The van der Waals surface area contributed by atoms with Gasteiger partial charge in [0.2, 0.25) is 0 Å². The fraction of sp³-hybridized carbons (Fsp3) is 0.571. The quantitative estimate of drug-likeness (QED) is 0.0261. The lowest BCUT2D eigenvalue weighted by molar-refractivity contribution is -0.167. The topological polar surface area (TPSA) is 78.9 Å². The first-order valence-electron chi connectivity index (χ1n) is 33.3. The third kappa shape index (κ3) is 67.2. The summed E-state index contributed by atoms with van der Waals surface area (Å²) in [5.74, 6) is -0.960. The third-order valence-electron chi connectivity index (χ3n) is 13.4. The number of hydrogen-bond acceptors (Lipinski definition) is 6. The maximum absolute atomic E-state index is 12.9. The molecule has 0 saturated carbocycles. The van der Waals surface area contributed by atoms with Gasteiger partial charge in [0.05, 0.1) is 0 Å². The molecule has 0 bridgehead atoms. The predicted molar refractivity (Wildman–Crippen MR) is 361 cm³/mol. The third-order valence-corrected chi connectivity index (χ3v) is 13.4. The predicted octanol–water partition coefficient (Wildman–Crippen LogP) is 23.2. The van der Waals surface area contributed by atoms with Gasteiger partial charge in [-0.3, -0.25) is 14.4 Å². The van der Waals surface area contributed by atoms with Gasteiger partial charge in [-0.25, -0.2) is 0 Å². The molecule has 83 heavy (non-hydrogen) atoms. The van der Waals surface area contributed by atoms with Gasteiger partial charge in [0, 0.05) is 19.3 Å². The Bertz CT molecular complexity index is 1940. The minimum atomic E-state index is -0.813. The van der Waals surface area contributed by atoms with Crippen LogP contribution in [0.4, 0.5) is 0 Å². The van der Waals surface area contributed by atoms with Gasteiger partial charge >= 0.3 is 17.9 Å². The second kappa shape index (κ2) is 69.0. The summed E-state index contributed by atoms with van der Waals surface area (Å²) in [5.41, 5.74) is 0. The van der Waals surface area contributed by atoms with Crippen LogP contribution in [-0.2, 0) is 28.6 Å². The molecule has 0 aromatic carbocycles. The molecular formula is C77H120O6. The fourth-order valence-electron chi connectivity index (χ4n) is 8.46. The van der Waals surface area contributed by atoms with Gasteiger partial charge in [0.1, 0.15) is 13.2 Å². The highest BCUT2D eigenvalue weighted by Gasteiger charge is 2.19. The van der Waals surface area contributed by atoms with Gasteiger partial charge in [-0.1, -0.05) is 274 Å². The van der Waals surface area contributed by atoms with Gasteiger partial charge in [0.25, 0.3) is 0 Å². The average Bonchev–Trinajstić information content (AvgIpc) is 3.49. The summed E-state index contributed by atoms with van der Waals surface area (Å²) in [6.07, 6.45) is 103. The van der Waals surface area contributed by atoms with Crippen molar-refractivity contribution in [2.75, 3.05) is 13.2 Å². The van der Waals surface area contributed by atoms with Crippen molar-refractivity contribution >= 4 is 17.9 Å². The Morgan fingerprint density at radius 3 is 0.735 bits per heavy atom. The summed E-state index contributed by atoms with van der Waals surface area (Å²) in [4.78, 5) is 38.4. The van der Waals surface area contributed by atoms with Crippen LogP contribution in [0.2, 0.25) is 0 Å². The highest BCUT2D eigenvalue weighted by Crippen LogP contribution is 2.14. The van der Waals surface area contributed by atoms with Crippen molar-refractivity contribution in [3.63, 3.8) is 0 Å². The molecular weight excluding hydrogens is 1020 g/mol. The van der Waals surface area contributed by atoms with Gasteiger partial charge in [-0.2, -0.15) is 0 Å². The van der Waals surface area contributed by atoms with Gasteiger partial charge in [0.15, 0.2) is 6.10 Å². The summed E-state index contributed by atoms with van der Waals surface area (Å²) < 4.78 is 16.9. The molecule has 0 heterocycles. The van der Waals surface area contributed by atoms with E-state index in [1.54, 1.807) is 0 Å². The Kier molecular flexibility index (Phi) is 64.4. The van der Waals surface area contributed by atoms with Crippen LogP contribution >= 0.6 is 0 Å². The molecule has 6 nitrogen and oxygen atoms in total. The standard InChI is InChI=1S/C77H120O6/c1-4-7-10-13-16-19-22-25-27-29-31-33-35-37-38-40-41-43-45-47-49-52-55-58-61-64-67-70-76(79)82-73-74(72-81-75(78)69-66-63-60-57-54-51-24-21-18-15-12-9-6-3)83-77(80)71-68-65-62-59-56-53-50-48-46-44-42-39-36-34-32-30-28-26-23-20-17-14-11-8-5-2/h7-8,10-12,15-17,19-21,24-28,31-34,37-39,41-43,46-49,74H,4-6,9,13-14,18,22-23,29-30,35-36,40,44-45,50-73H2,1-3H3/b10-7-,11-8-,15-12-,19-16-,20-17-,24-21-,27-25-,28-26-,33-31-,34-32-,38-37-,42-39-,43-41-,48-46-,49-47-. The Labute approximate surface area is 510 Å². The fourth-order valence-corrected chi connectivity index (χ4v) is 8.46. The van der Waals surface area contributed by atoms with Crippen LogP contribution < -0.4 is 0 Å². The number of ether oxygens (including phenoxy) is 3. The van der Waals surface area contributed by atoms with Gasteiger partial charge in [-0.15, -0.1) is 0 Å². The van der Waals surface area contributed by atoms with E-state index in [1.807, 2.05) is 0 Å². The molecule has 0 radical (unpaired) electrons. The normalized spacial score (nSPS) is 13.3. The van der Waals surface area contributed by atoms with Crippen LogP contribution in [0.5, 0.6) is 0 Å². The van der Waals surface area contributed by atoms with Crippen molar-refractivity contribution < 1.29 is 28.6 Å². The lowest BCUT2D eigenvalue weighted by Gasteiger charge is -2.18. The van der Waals surface area contributed by atoms with E-state index in [2.05, 4.69) is 203 Å². The van der Waals surface area contributed by atoms with E-state index >= 15 is 0 Å². The monoisotopic (exact) mass is 1140 g/mol. The largest absolute Gasteiger partial charge is 0.462 e. The highest BCUT2D eigenvalue weighted by molar-refractivity contribution is 5.71. The molecule has 0 N–H and O–H groups in total. The first-order valence-corrected chi connectivity index (χ1v) is 33.3. The van der Waals surface area contributed by atoms with Crippen molar-refractivity contribution in [1.82, 2.24) is 0 Å². The summed E-state index contributed by atoms with van der Waals surface area (Å²) in [6.45, 7) is 6.30. The van der Waals surface area contributed by atoms with Crippen molar-refractivity contribution in [2.24, 2.45) is 0 Å². The SMILES string of the molecule is CC/C=C\C/C=C\C/C=C\C/C=C\C/C=C\C/C=C\C/C=C\CCCCCCCC(=O)OCC(COC(=O)CCCCCCC/C=C\C/C=C\CCC)OC(=O)CCCCCCCC/C=C\C/C=C\C/C=C\C/C=C\C/C=C\C/C=C\CC. The van der Waals surface area contributed by atoms with Crippen LogP contribution in [0.1, 0.15) is 265 Å². The molecule has 6 heteroatoms. The second-order valence-corrected chi connectivity index (χ2v) is 21.3. The number of allylic oxidation sites excluding steroid dienone is 30. The number of carbonyl (C=O) groups is 3. The van der Waals surface area contributed by atoms with Crippen LogP contribution in [0.3, 0.4) is 0 Å². The lowest BCUT2D eigenvalue weighted by Crippen LogP contribution is -2.30. The number of hydrogen-bond donors (Lipinski definition) is 0. The molecule has 0 spiro atoms. The van der Waals surface area contributed by atoms with E-state index in [0.29, 0.717) is 19.3 Å². The van der Waals surface area contributed by atoms with Crippen LogP contribution in [-0.4, -0.2) is 37.2 Å². The summed E-state index contributed by atoms with van der Waals surface area (Å²) in [7, 11) is 0. The van der Waals surface area contributed by atoms with Crippen molar-refractivity contribution in [2.45, 2.75) is 271 Å². The molecule has 1 unspecified atom stereocenters. The smallest absolute Gasteiger partial charge is 0.306 e. The molecule has 0 rings (SSSR count). The molecule has 0 amide bonds. The van der Waals surface area contributed by atoms with E-state index < -0.39 is 6.10 Å². The lowest BCUT2D eigenvalue weighted by atomic mass is 10.1. The molecule has 0 aromatic rings. The van der Waals surface area contributed by atoms with Gasteiger partial charge < -0.3 is 14.2 Å². The maximum Gasteiger partial charge on any atom is 0.306 e. The van der Waals surface area contributed by atoms with E-state index in [0.717, 1.165) is 205 Å². The van der Waals surface area contributed by atoms with Crippen LogP contribution in [0.25, 0.3) is 0 Å². The molecule has 0 fully saturated rings. The van der Waals surface area contributed by atoms with Crippen molar-refractivity contribution in [1.29, 1.82) is 0 Å². The van der Waals surface area contributed by atoms with Crippen LogP contribution in [0.15, 0.2) is 182 Å². The zero-order valence-electron chi connectivity index (χ0n) is 53.1. The number of esters is 3. The summed E-state index contributed by atoms with van der Waals surface area (Å²) in [5, 5.41) is 0. The summed E-state index contributed by atoms with van der Waals surface area (Å²) in [6, 6.07) is 0. The number of carbonyl (C=O) groups excluding carboxylic acids is 3. The molecule has 0 aromatic heterocycles. The van der Waals surface area contributed by atoms with E-state index in [9.17, 15) is 14.4 Å². The molecule has 0 aliphatic heterocycles. The Morgan fingerprint density at radius 1 is 0.253 bits per heavy atom. The molecule has 0 aliphatic rings. The minimum Gasteiger partial charge on any atom is -0.462 e. The van der Waals surface area contributed by atoms with Gasteiger partial charge in [-0.05, 0) is 154 Å².